The highest BCUT2D eigenvalue weighted by Gasteiger charge is 3.02. The van der Waals surface area contributed by atoms with Gasteiger partial charge in [0, 0.05) is 0 Å². The molecular formula is C10F20O. The van der Waals surface area contributed by atoms with Crippen LogP contribution in [0.1, 0.15) is 0 Å². The van der Waals surface area contributed by atoms with Crippen LogP contribution in [0.2, 0.25) is 0 Å². The van der Waals surface area contributed by atoms with Gasteiger partial charge in [-0.15, -0.1) is 0 Å². The molecule has 1 rings (SSSR count). The molecule has 1 nitrogen and oxygen atoms in total. The topological polar surface area (TPSA) is 9.23 Å². The van der Waals surface area contributed by atoms with E-state index in [1.807, 2.05) is 0 Å². The largest absolute Gasteiger partial charge is 0.438 e. The van der Waals surface area contributed by atoms with Crippen molar-refractivity contribution in [3.8, 4) is 0 Å². The van der Waals surface area contributed by atoms with Crippen LogP contribution in [-0.4, -0.2) is 59.6 Å². The van der Waals surface area contributed by atoms with Crippen molar-refractivity contribution >= 4 is 0 Å². The second kappa shape index (κ2) is 6.12. The van der Waals surface area contributed by atoms with E-state index < -0.39 is 59.6 Å². The molecule has 1 aliphatic heterocycles. The Balaban J connectivity index is 4.02. The van der Waals surface area contributed by atoms with Crippen LogP contribution in [0.15, 0.2) is 0 Å². The monoisotopic (exact) mass is 516 g/mol. The summed E-state index contributed by atoms with van der Waals surface area (Å²) >= 11 is 0. The predicted molar refractivity (Wildman–Crippen MR) is 50.6 cm³/mol. The van der Waals surface area contributed by atoms with Gasteiger partial charge < -0.3 is 0 Å². The molecule has 0 aromatic rings. The first-order valence-electron chi connectivity index (χ1n) is 6.44. The van der Waals surface area contributed by atoms with Crippen molar-refractivity contribution in [3.63, 3.8) is 0 Å². The SMILES string of the molecule is FC(F)(F)C(F)(C(F)(F)F)C(F)(F)C(F)(F)C1(F)OC(F)(F)C(F)(F)C(F)(F)C1(F)F. The van der Waals surface area contributed by atoms with Crippen LogP contribution < -0.4 is 0 Å². The van der Waals surface area contributed by atoms with E-state index in [-0.39, 0.29) is 0 Å². The molecule has 0 aromatic heterocycles. The third-order valence-corrected chi connectivity index (χ3v) is 3.84. The first-order chi connectivity index (χ1) is 13.0. The highest BCUT2D eigenvalue weighted by Crippen LogP contribution is 2.70. The second-order valence-corrected chi connectivity index (χ2v) is 5.74. The minimum absolute atomic E-state index is 1.29. The zero-order valence-electron chi connectivity index (χ0n) is 13.0. The predicted octanol–water partition coefficient (Wildman–Crippen LogP) is 6.28. The van der Waals surface area contributed by atoms with E-state index in [4.69, 9.17) is 0 Å². The Kier molecular flexibility index (Phi) is 5.44. The normalized spacial score (nSPS) is 29.0. The number of hydrogen-bond acceptors (Lipinski definition) is 1. The molecule has 1 unspecified atom stereocenters. The summed E-state index contributed by atoms with van der Waals surface area (Å²) in [5, 5.41) is 0. The van der Waals surface area contributed by atoms with Gasteiger partial charge in [0.2, 0.25) is 0 Å². The van der Waals surface area contributed by atoms with Crippen molar-refractivity contribution in [2.24, 2.45) is 0 Å². The van der Waals surface area contributed by atoms with Gasteiger partial charge in [0.25, 0.3) is 0 Å². The highest BCUT2D eigenvalue weighted by molar-refractivity contribution is 5.22. The zero-order valence-corrected chi connectivity index (χ0v) is 13.0. The smallest absolute Gasteiger partial charge is 0.267 e. The lowest BCUT2D eigenvalue weighted by Gasteiger charge is -2.52. The van der Waals surface area contributed by atoms with Gasteiger partial charge in [-0.3, -0.25) is 4.74 Å². The van der Waals surface area contributed by atoms with Crippen molar-refractivity contribution in [1.29, 1.82) is 0 Å². The van der Waals surface area contributed by atoms with Crippen molar-refractivity contribution in [3.05, 3.63) is 0 Å². The Morgan fingerprint density at radius 1 is 0.452 bits per heavy atom. The van der Waals surface area contributed by atoms with Crippen molar-refractivity contribution < 1.29 is 92.5 Å². The van der Waals surface area contributed by atoms with Gasteiger partial charge in [-0.2, -0.15) is 83.4 Å². The maximum absolute atomic E-state index is 13.9. The minimum atomic E-state index is -9.03. The van der Waals surface area contributed by atoms with Gasteiger partial charge in [0.1, 0.15) is 0 Å². The molecule has 21 heteroatoms. The van der Waals surface area contributed by atoms with Crippen LogP contribution in [-0.2, 0) is 4.74 Å². The summed E-state index contributed by atoms with van der Waals surface area (Å²) < 4.78 is 260. The fourth-order valence-electron chi connectivity index (χ4n) is 2.08. The number of hydrogen-bond donors (Lipinski definition) is 0. The number of halogens is 20. The maximum atomic E-state index is 13.9. The zero-order chi connectivity index (χ0) is 25.7. The molecule has 1 heterocycles. The number of alkyl halides is 20. The van der Waals surface area contributed by atoms with Gasteiger partial charge in [0.15, 0.2) is 0 Å². The summed E-state index contributed by atoms with van der Waals surface area (Å²) in [6.45, 7) is 0. The summed E-state index contributed by atoms with van der Waals surface area (Å²) in [5.41, 5.74) is -8.78. The first-order valence-corrected chi connectivity index (χ1v) is 6.44. The van der Waals surface area contributed by atoms with E-state index in [9.17, 15) is 87.8 Å². The minimum Gasteiger partial charge on any atom is -0.267 e. The average Bonchev–Trinajstić information content (AvgIpc) is 2.48. The van der Waals surface area contributed by atoms with Crippen molar-refractivity contribution in [1.82, 2.24) is 0 Å². The van der Waals surface area contributed by atoms with Crippen molar-refractivity contribution in [2.75, 3.05) is 0 Å². The molecule has 0 radical (unpaired) electrons. The van der Waals surface area contributed by atoms with Crippen LogP contribution in [0.5, 0.6) is 0 Å². The van der Waals surface area contributed by atoms with Gasteiger partial charge >= 0.3 is 59.6 Å². The Morgan fingerprint density at radius 2 is 0.774 bits per heavy atom. The van der Waals surface area contributed by atoms with E-state index >= 15 is 0 Å². The van der Waals surface area contributed by atoms with Crippen LogP contribution in [0.4, 0.5) is 87.8 Å². The molecule has 31 heavy (non-hydrogen) atoms. The molecule has 0 amide bonds. The summed E-state index contributed by atoms with van der Waals surface area (Å²) in [6, 6.07) is 0. The number of ether oxygens (including phenoxy) is 1. The van der Waals surface area contributed by atoms with Gasteiger partial charge in [-0.25, -0.2) is 4.39 Å². The molecular weight excluding hydrogens is 516 g/mol. The molecule has 186 valence electrons. The first kappa shape index (κ1) is 27.6. The van der Waals surface area contributed by atoms with E-state index in [1.54, 1.807) is 0 Å². The molecule has 0 aliphatic carbocycles. The van der Waals surface area contributed by atoms with Gasteiger partial charge in [-0.05, 0) is 0 Å². The van der Waals surface area contributed by atoms with Gasteiger partial charge in [0.05, 0.1) is 0 Å². The Bertz CT molecular complexity index is 698. The van der Waals surface area contributed by atoms with Crippen LogP contribution >= 0.6 is 0 Å². The summed E-state index contributed by atoms with van der Waals surface area (Å²) in [5.74, 6) is -50.8. The Hall–Kier alpha value is -1.44. The fraction of sp³-hybridized carbons (Fsp3) is 1.00. The quantitative estimate of drug-likeness (QED) is 0.402. The van der Waals surface area contributed by atoms with Crippen LogP contribution in [0, 0.1) is 0 Å². The Morgan fingerprint density at radius 3 is 1.06 bits per heavy atom. The molecule has 0 aromatic carbocycles. The Labute approximate surface area is 153 Å². The average molecular weight is 516 g/mol. The van der Waals surface area contributed by atoms with E-state index in [1.165, 1.54) is 4.74 Å². The van der Waals surface area contributed by atoms with Crippen LogP contribution in [0.25, 0.3) is 0 Å². The lowest BCUT2D eigenvalue weighted by atomic mass is 9.81. The molecule has 1 atom stereocenters. The number of rotatable bonds is 3. The van der Waals surface area contributed by atoms with Gasteiger partial charge in [-0.1, -0.05) is 0 Å². The lowest BCUT2D eigenvalue weighted by Crippen LogP contribution is -2.84. The van der Waals surface area contributed by atoms with Crippen LogP contribution in [0.3, 0.4) is 0 Å². The molecule has 0 bridgehead atoms. The van der Waals surface area contributed by atoms with E-state index in [0.29, 0.717) is 0 Å². The third kappa shape index (κ3) is 2.75. The standard InChI is InChI=1S/C10F20O/c11-1(8(23,24)25,9(26,27)28)2(12,13)4(16,17)7(22)5(18,19)3(14,15)6(20,21)10(29,30)31-7. The van der Waals surface area contributed by atoms with E-state index in [2.05, 4.69) is 0 Å². The summed E-state index contributed by atoms with van der Waals surface area (Å²) in [6.07, 6.45) is -24.3. The lowest BCUT2D eigenvalue weighted by molar-refractivity contribution is -0.573. The second-order valence-electron chi connectivity index (χ2n) is 5.74. The third-order valence-electron chi connectivity index (χ3n) is 3.84. The molecule has 1 saturated heterocycles. The molecule has 1 aliphatic rings. The highest BCUT2D eigenvalue weighted by atomic mass is 19.4. The fourth-order valence-corrected chi connectivity index (χ4v) is 2.08. The molecule has 0 spiro atoms. The maximum Gasteiger partial charge on any atom is 0.438 e. The summed E-state index contributed by atoms with van der Waals surface area (Å²) in [7, 11) is 0. The van der Waals surface area contributed by atoms with E-state index in [0.717, 1.165) is 0 Å². The summed E-state index contributed by atoms with van der Waals surface area (Å²) in [4.78, 5) is 0. The molecule has 0 saturated carbocycles. The molecule has 0 N–H and O–H groups in total. The molecule has 1 fully saturated rings. The van der Waals surface area contributed by atoms with Crippen molar-refractivity contribution in [2.45, 2.75) is 59.6 Å².